The minimum atomic E-state index is -1.55. The molecule has 0 bridgehead atoms. The van der Waals surface area contributed by atoms with Gasteiger partial charge in [-0.25, -0.2) is 0 Å². The summed E-state index contributed by atoms with van der Waals surface area (Å²) < 4.78 is 11.3. The van der Waals surface area contributed by atoms with Gasteiger partial charge >= 0.3 is 11.9 Å². The van der Waals surface area contributed by atoms with Crippen molar-refractivity contribution >= 4 is 35.1 Å². The molecule has 36 heavy (non-hydrogen) atoms. The van der Waals surface area contributed by atoms with Crippen LogP contribution in [0.15, 0.2) is 23.8 Å². The van der Waals surface area contributed by atoms with Crippen LogP contribution in [0.3, 0.4) is 0 Å². The molecule has 0 heterocycles. The van der Waals surface area contributed by atoms with Gasteiger partial charge in [-0.05, 0) is 49.7 Å². The summed E-state index contributed by atoms with van der Waals surface area (Å²) in [7, 11) is 0. The molecule has 0 saturated heterocycles. The van der Waals surface area contributed by atoms with Crippen LogP contribution in [0.25, 0.3) is 0 Å². The van der Waals surface area contributed by atoms with Crippen molar-refractivity contribution in [3.05, 3.63) is 23.8 Å². The predicted molar refractivity (Wildman–Crippen MR) is 133 cm³/mol. The second kappa shape index (κ2) is 9.09. The molecule has 0 aromatic carbocycles. The Bertz CT molecular complexity index is 1050. The molecule has 7 nitrogen and oxygen atoms in total. The lowest BCUT2D eigenvalue weighted by Gasteiger charge is -2.64. The molecule has 0 aromatic rings. The highest BCUT2D eigenvalue weighted by Crippen LogP contribution is 2.72. The monoisotopic (exact) mass is 520 g/mol. The molecule has 1 N–H and O–H groups in total. The fourth-order valence-electron chi connectivity index (χ4n) is 8.01. The maximum Gasteiger partial charge on any atom is 0.306 e. The number of aliphatic hydroxyl groups excluding tert-OH is 1. The topological polar surface area (TPSA) is 107 Å². The highest BCUT2D eigenvalue weighted by Gasteiger charge is 2.76. The first-order valence-electron chi connectivity index (χ1n) is 13.0. The molecule has 0 aromatic heterocycles. The average molecular weight is 521 g/mol. The van der Waals surface area contributed by atoms with Gasteiger partial charge in [0.15, 0.2) is 18.0 Å². The summed E-state index contributed by atoms with van der Waals surface area (Å²) in [6, 6.07) is 0. The summed E-state index contributed by atoms with van der Waals surface area (Å²) in [6.45, 7) is 8.61. The van der Waals surface area contributed by atoms with Crippen molar-refractivity contribution in [2.45, 2.75) is 89.7 Å². The number of carbonyl (C=O) groups excluding carboxylic acids is 4. The first kappa shape index (κ1) is 27.1. The molecule has 0 radical (unpaired) electrons. The van der Waals surface area contributed by atoms with Gasteiger partial charge in [0.25, 0.3) is 0 Å². The molecule has 8 heteroatoms. The smallest absolute Gasteiger partial charge is 0.306 e. The van der Waals surface area contributed by atoms with Crippen LogP contribution in [0.5, 0.6) is 0 Å². The Morgan fingerprint density at radius 2 is 1.81 bits per heavy atom. The fraction of sp³-hybridized carbons (Fsp3) is 0.714. The summed E-state index contributed by atoms with van der Waals surface area (Å²) in [5, 5.41) is 11.8. The second-order valence-corrected chi connectivity index (χ2v) is 12.0. The first-order valence-corrected chi connectivity index (χ1v) is 13.4. The lowest BCUT2D eigenvalue weighted by atomic mass is 9.45. The van der Waals surface area contributed by atoms with E-state index < -0.39 is 51.7 Å². The number of fused-ring (bicyclic) bond motifs is 5. The Labute approximate surface area is 217 Å². The first-order chi connectivity index (χ1) is 16.8. The molecule has 4 aliphatic rings. The van der Waals surface area contributed by atoms with E-state index in [9.17, 15) is 24.3 Å². The highest BCUT2D eigenvalue weighted by atomic mass is 35.5. The van der Waals surface area contributed by atoms with Crippen LogP contribution in [0.4, 0.5) is 0 Å². The molecule has 0 aliphatic heterocycles. The van der Waals surface area contributed by atoms with E-state index in [1.165, 1.54) is 6.08 Å². The number of hydrogen-bond acceptors (Lipinski definition) is 7. The number of allylic oxidation sites excluding steroid dienone is 4. The van der Waals surface area contributed by atoms with Crippen LogP contribution >= 0.6 is 11.6 Å². The van der Waals surface area contributed by atoms with Crippen molar-refractivity contribution in [1.29, 1.82) is 0 Å². The summed E-state index contributed by atoms with van der Waals surface area (Å²) in [5.74, 6) is -2.24. The number of Topliss-reactive ketones (excluding diaryl/α,β-unsaturated/α-hetero) is 1. The molecular formula is C28H37ClO7. The fourth-order valence-corrected chi connectivity index (χ4v) is 8.53. The molecular weight excluding hydrogens is 484 g/mol. The Hall–Kier alpha value is -1.99. The van der Waals surface area contributed by atoms with E-state index in [2.05, 4.69) is 0 Å². The normalized spacial score (nSPS) is 43.1. The van der Waals surface area contributed by atoms with Crippen molar-refractivity contribution in [3.63, 3.8) is 0 Å². The molecule has 4 aliphatic carbocycles. The Kier molecular flexibility index (Phi) is 6.83. The van der Waals surface area contributed by atoms with Gasteiger partial charge in [-0.2, -0.15) is 0 Å². The van der Waals surface area contributed by atoms with Gasteiger partial charge in [-0.1, -0.05) is 46.3 Å². The Morgan fingerprint density at radius 3 is 2.44 bits per heavy atom. The summed E-state index contributed by atoms with van der Waals surface area (Å²) in [4.78, 5) is 49.5. The largest absolute Gasteiger partial charge is 0.457 e. The van der Waals surface area contributed by atoms with E-state index in [4.69, 9.17) is 21.1 Å². The summed E-state index contributed by atoms with van der Waals surface area (Å²) >= 11 is 7.48. The van der Waals surface area contributed by atoms with Gasteiger partial charge in [-0.15, -0.1) is 11.6 Å². The predicted octanol–water partition coefficient (Wildman–Crippen LogP) is 4.09. The lowest BCUT2D eigenvalue weighted by Crippen LogP contribution is -2.69. The van der Waals surface area contributed by atoms with Gasteiger partial charge in [0.1, 0.15) is 0 Å². The highest BCUT2D eigenvalue weighted by molar-refractivity contribution is 6.26. The van der Waals surface area contributed by atoms with Crippen LogP contribution in [0.2, 0.25) is 0 Å². The quantitative estimate of drug-likeness (QED) is 0.415. The summed E-state index contributed by atoms with van der Waals surface area (Å²) in [6.07, 6.45) is 6.18. The molecule has 8 atom stereocenters. The number of hydrogen-bond donors (Lipinski definition) is 1. The van der Waals surface area contributed by atoms with Crippen LogP contribution in [-0.4, -0.2) is 51.8 Å². The van der Waals surface area contributed by atoms with Crippen molar-refractivity contribution in [2.24, 2.45) is 28.6 Å². The molecule has 3 saturated carbocycles. The van der Waals surface area contributed by atoms with E-state index in [-0.39, 0.29) is 42.8 Å². The molecule has 0 amide bonds. The maximum absolute atomic E-state index is 13.9. The molecule has 198 valence electrons. The number of ether oxygens (including phenoxy) is 2. The van der Waals surface area contributed by atoms with Crippen molar-refractivity contribution in [1.82, 2.24) is 0 Å². The third kappa shape index (κ3) is 3.48. The zero-order valence-corrected chi connectivity index (χ0v) is 22.5. The average Bonchev–Trinajstić information content (AvgIpc) is 3.05. The Balaban J connectivity index is 1.80. The standard InChI is InChI=1S/C28H37ClO7/c1-6-23(33)35-15-22(32)28(36-24(34)7-2)16(3)12-20-19-9-8-17-13-18(30)10-11-25(17,4)27(19,29)21(31)14-26(20,28)5/h10-11,13,16,19-21,31H,6-9,12,14-15H2,1-5H3/t16?,19?,20?,21?,25-,26-,27-,28-/m0/s1. The van der Waals surface area contributed by atoms with E-state index in [1.807, 2.05) is 26.8 Å². The van der Waals surface area contributed by atoms with Gasteiger partial charge < -0.3 is 14.6 Å². The van der Waals surface area contributed by atoms with E-state index >= 15 is 0 Å². The van der Waals surface area contributed by atoms with Crippen molar-refractivity contribution < 1.29 is 33.8 Å². The molecule has 3 fully saturated rings. The van der Waals surface area contributed by atoms with Crippen LogP contribution < -0.4 is 0 Å². The Morgan fingerprint density at radius 1 is 1.14 bits per heavy atom. The number of ketones is 2. The number of esters is 2. The molecule has 4 rings (SSSR count). The van der Waals surface area contributed by atoms with E-state index in [1.54, 1.807) is 19.9 Å². The van der Waals surface area contributed by atoms with Gasteiger partial charge in [0.2, 0.25) is 5.78 Å². The van der Waals surface area contributed by atoms with Gasteiger partial charge in [0, 0.05) is 29.6 Å². The number of carbonyl (C=O) groups is 4. The number of alkyl halides is 1. The van der Waals surface area contributed by atoms with Crippen LogP contribution in [0.1, 0.15) is 73.1 Å². The zero-order valence-electron chi connectivity index (χ0n) is 21.8. The minimum absolute atomic E-state index is 0.0801. The van der Waals surface area contributed by atoms with Crippen LogP contribution in [-0.2, 0) is 28.7 Å². The van der Waals surface area contributed by atoms with Crippen molar-refractivity contribution in [2.75, 3.05) is 6.61 Å². The number of halogens is 1. The van der Waals surface area contributed by atoms with Gasteiger partial charge in [0.05, 0.1) is 11.0 Å². The van der Waals surface area contributed by atoms with E-state index in [0.717, 1.165) is 5.57 Å². The van der Waals surface area contributed by atoms with Crippen LogP contribution in [0, 0.1) is 28.6 Å². The molecule has 4 unspecified atom stereocenters. The maximum atomic E-state index is 13.9. The number of rotatable bonds is 6. The minimum Gasteiger partial charge on any atom is -0.457 e. The number of aliphatic hydroxyl groups is 1. The third-order valence-electron chi connectivity index (χ3n) is 9.81. The van der Waals surface area contributed by atoms with Gasteiger partial charge in [-0.3, -0.25) is 19.2 Å². The zero-order chi connectivity index (χ0) is 26.7. The summed E-state index contributed by atoms with van der Waals surface area (Å²) in [5.41, 5.74) is -2.27. The van der Waals surface area contributed by atoms with Crippen molar-refractivity contribution in [3.8, 4) is 0 Å². The SMILES string of the molecule is CCC(=O)OCC(=O)[C@@]1(OC(=O)CC)C(C)CC2C3CCC4=CC(=O)C=C[C@]4(C)[C@@]3(Cl)C(O)C[C@@]21C. The molecule has 0 spiro atoms. The third-order valence-corrected chi connectivity index (χ3v) is 10.7. The second-order valence-electron chi connectivity index (χ2n) is 11.4. The van der Waals surface area contributed by atoms with E-state index in [0.29, 0.717) is 19.3 Å². The lowest BCUT2D eigenvalue weighted by molar-refractivity contribution is -0.203.